The maximum absolute atomic E-state index is 13.7. The fourth-order valence-corrected chi connectivity index (χ4v) is 4.70. The van der Waals surface area contributed by atoms with Gasteiger partial charge in [0, 0.05) is 27.7 Å². The van der Waals surface area contributed by atoms with Crippen molar-refractivity contribution < 1.29 is 38.1 Å². The molecule has 0 saturated carbocycles. The molecule has 2 aromatic carbocycles. The number of imidazole rings is 1. The third kappa shape index (κ3) is 5.52. The summed E-state index contributed by atoms with van der Waals surface area (Å²) in [4.78, 5) is 38.1. The van der Waals surface area contributed by atoms with E-state index < -0.39 is 42.1 Å². The van der Waals surface area contributed by atoms with Gasteiger partial charge in [-0.05, 0) is 23.3 Å². The van der Waals surface area contributed by atoms with Crippen LogP contribution in [0.15, 0.2) is 48.5 Å². The summed E-state index contributed by atoms with van der Waals surface area (Å²) in [5.74, 6) is -5.91. The molecule has 4 rings (SSSR count). The van der Waals surface area contributed by atoms with Crippen LogP contribution >= 0.6 is 0 Å². The van der Waals surface area contributed by atoms with E-state index in [0.29, 0.717) is 23.5 Å². The molecule has 2 heterocycles. The van der Waals surface area contributed by atoms with Crippen molar-refractivity contribution in [2.45, 2.75) is 45.9 Å². The van der Waals surface area contributed by atoms with Crippen LogP contribution in [-0.4, -0.2) is 41.9 Å². The SMILES string of the molecule is COc1ccc(C(c2n(Cc3ccccc3)c(C)c(C)[n+]2[O-])C2C(=O)OC(C)(C)OC2=O)cc1OCC(N)=O. The fraction of sp³-hybridized carbons (Fsp3) is 0.357. The van der Waals surface area contributed by atoms with Crippen LogP contribution in [0.25, 0.3) is 0 Å². The van der Waals surface area contributed by atoms with Crippen LogP contribution in [0.1, 0.15) is 48.1 Å². The van der Waals surface area contributed by atoms with Gasteiger partial charge in [-0.2, -0.15) is 0 Å². The maximum Gasteiger partial charge on any atom is 0.324 e. The van der Waals surface area contributed by atoms with E-state index in [9.17, 15) is 19.6 Å². The zero-order valence-electron chi connectivity index (χ0n) is 22.4. The molecule has 2 N–H and O–H groups in total. The topological polar surface area (TPSA) is 146 Å². The first-order chi connectivity index (χ1) is 18.4. The molecule has 39 heavy (non-hydrogen) atoms. The van der Waals surface area contributed by atoms with Gasteiger partial charge in [-0.25, -0.2) is 9.30 Å². The number of esters is 2. The van der Waals surface area contributed by atoms with Gasteiger partial charge in [0.05, 0.1) is 7.11 Å². The lowest BCUT2D eigenvalue weighted by molar-refractivity contribution is -0.621. The molecule has 0 spiro atoms. The largest absolute Gasteiger partial charge is 0.711 e. The van der Waals surface area contributed by atoms with Crippen LogP contribution in [0, 0.1) is 25.0 Å². The molecule has 1 aliphatic heterocycles. The number of benzene rings is 2. The molecule has 206 valence electrons. The number of primary amides is 1. The van der Waals surface area contributed by atoms with Gasteiger partial charge in [0.15, 0.2) is 24.0 Å². The van der Waals surface area contributed by atoms with Crippen molar-refractivity contribution in [3.8, 4) is 11.5 Å². The number of amides is 1. The standard InChI is InChI=1S/C28H31N3O8/c1-16-17(2)31(35)25(30(16)14-18-9-7-6-8-10-18)23(24-26(33)38-28(3,4)39-27(24)34)19-11-12-20(36-5)21(13-19)37-15-22(29)32/h6-13,23-24H,14-15H2,1-5H3,(H2,29,32). The molecular weight excluding hydrogens is 506 g/mol. The Bertz CT molecular complexity index is 1390. The average molecular weight is 538 g/mol. The second kappa shape index (κ2) is 10.7. The van der Waals surface area contributed by atoms with Gasteiger partial charge >= 0.3 is 11.9 Å². The summed E-state index contributed by atoms with van der Waals surface area (Å²) in [6.07, 6.45) is 0. The molecule has 1 aliphatic rings. The molecular formula is C28H31N3O8. The minimum absolute atomic E-state index is 0.137. The monoisotopic (exact) mass is 537 g/mol. The Labute approximate surface area is 225 Å². The summed E-state index contributed by atoms with van der Waals surface area (Å²) >= 11 is 0. The molecule has 0 bridgehead atoms. The van der Waals surface area contributed by atoms with Crippen molar-refractivity contribution in [3.63, 3.8) is 0 Å². The third-order valence-electron chi connectivity index (χ3n) is 6.63. The van der Waals surface area contributed by atoms with E-state index in [2.05, 4.69) is 0 Å². The number of carbonyl (C=O) groups is 3. The summed E-state index contributed by atoms with van der Waals surface area (Å²) < 4.78 is 24.3. The molecule has 0 aliphatic carbocycles. The Kier molecular flexibility index (Phi) is 7.53. The predicted octanol–water partition coefficient (Wildman–Crippen LogP) is 2.24. The summed E-state index contributed by atoms with van der Waals surface area (Å²) in [5.41, 5.74) is 7.59. The van der Waals surface area contributed by atoms with Gasteiger partial charge < -0.3 is 29.9 Å². The summed E-state index contributed by atoms with van der Waals surface area (Å²) in [5, 5.41) is 13.7. The van der Waals surface area contributed by atoms with Crippen molar-refractivity contribution in [3.05, 3.63) is 82.1 Å². The highest BCUT2D eigenvalue weighted by Crippen LogP contribution is 2.41. The summed E-state index contributed by atoms with van der Waals surface area (Å²) in [6, 6.07) is 14.2. The van der Waals surface area contributed by atoms with Gasteiger partial charge in [0.1, 0.15) is 23.9 Å². The number of cyclic esters (lactones) is 2. The minimum Gasteiger partial charge on any atom is -0.711 e. The average Bonchev–Trinajstić information content (AvgIpc) is 3.08. The second-order valence-electron chi connectivity index (χ2n) is 9.76. The predicted molar refractivity (Wildman–Crippen MR) is 138 cm³/mol. The lowest BCUT2D eigenvalue weighted by Crippen LogP contribution is -2.50. The van der Waals surface area contributed by atoms with Gasteiger partial charge in [-0.3, -0.25) is 14.4 Å². The lowest BCUT2D eigenvalue weighted by atomic mass is 9.84. The molecule has 3 aromatic rings. The number of hydrogen-bond donors (Lipinski definition) is 1. The normalized spacial score (nSPS) is 15.8. The van der Waals surface area contributed by atoms with Crippen LogP contribution in [0.5, 0.6) is 11.5 Å². The Balaban J connectivity index is 1.94. The van der Waals surface area contributed by atoms with Crippen molar-refractivity contribution in [2.24, 2.45) is 11.7 Å². The van der Waals surface area contributed by atoms with E-state index in [1.807, 2.05) is 30.3 Å². The van der Waals surface area contributed by atoms with Crippen LogP contribution in [-0.2, 0) is 30.4 Å². The molecule has 1 atom stereocenters. The zero-order valence-corrected chi connectivity index (χ0v) is 22.4. The molecule has 1 unspecified atom stereocenters. The van der Waals surface area contributed by atoms with E-state index in [1.54, 1.807) is 30.5 Å². The second-order valence-corrected chi connectivity index (χ2v) is 9.76. The molecule has 1 fully saturated rings. The van der Waals surface area contributed by atoms with Crippen LogP contribution < -0.4 is 19.9 Å². The van der Waals surface area contributed by atoms with E-state index in [-0.39, 0.29) is 17.3 Å². The first-order valence-corrected chi connectivity index (χ1v) is 12.3. The van der Waals surface area contributed by atoms with Gasteiger partial charge in [0.25, 0.3) is 17.5 Å². The number of ether oxygens (including phenoxy) is 4. The van der Waals surface area contributed by atoms with Crippen LogP contribution in [0.3, 0.4) is 0 Å². The minimum atomic E-state index is -1.50. The number of hydrogen-bond acceptors (Lipinski definition) is 8. The Morgan fingerprint density at radius 2 is 1.74 bits per heavy atom. The van der Waals surface area contributed by atoms with Crippen molar-refractivity contribution >= 4 is 17.8 Å². The third-order valence-corrected chi connectivity index (χ3v) is 6.63. The molecule has 1 aromatic heterocycles. The summed E-state index contributed by atoms with van der Waals surface area (Å²) in [7, 11) is 1.42. The van der Waals surface area contributed by atoms with Crippen molar-refractivity contribution in [1.82, 2.24) is 4.57 Å². The molecule has 0 radical (unpaired) electrons. The van der Waals surface area contributed by atoms with Crippen LogP contribution in [0.2, 0.25) is 0 Å². The fourth-order valence-electron chi connectivity index (χ4n) is 4.70. The molecule has 11 nitrogen and oxygen atoms in total. The number of aromatic nitrogens is 2. The van der Waals surface area contributed by atoms with E-state index in [1.165, 1.54) is 27.0 Å². The quantitative estimate of drug-likeness (QED) is 0.189. The number of methoxy groups -OCH3 is 1. The van der Waals surface area contributed by atoms with E-state index in [4.69, 9.17) is 24.7 Å². The maximum atomic E-state index is 13.7. The number of carbonyl (C=O) groups excluding carboxylic acids is 3. The van der Waals surface area contributed by atoms with Crippen LogP contribution in [0.4, 0.5) is 0 Å². The zero-order chi connectivity index (χ0) is 28.5. The van der Waals surface area contributed by atoms with Crippen molar-refractivity contribution in [2.75, 3.05) is 13.7 Å². The van der Waals surface area contributed by atoms with Gasteiger partial charge in [-0.1, -0.05) is 36.4 Å². The Morgan fingerprint density at radius 1 is 1.10 bits per heavy atom. The Hall–Kier alpha value is -4.54. The molecule has 1 amide bonds. The van der Waals surface area contributed by atoms with E-state index >= 15 is 0 Å². The smallest absolute Gasteiger partial charge is 0.324 e. The lowest BCUT2D eigenvalue weighted by Gasteiger charge is -2.35. The van der Waals surface area contributed by atoms with Gasteiger partial charge in [-0.15, -0.1) is 0 Å². The summed E-state index contributed by atoms with van der Waals surface area (Å²) in [6.45, 7) is 6.24. The first kappa shape index (κ1) is 27.5. The van der Waals surface area contributed by atoms with E-state index in [0.717, 1.165) is 10.3 Å². The first-order valence-electron chi connectivity index (χ1n) is 12.3. The highest BCUT2D eigenvalue weighted by molar-refractivity contribution is 5.98. The van der Waals surface area contributed by atoms with Crippen molar-refractivity contribution in [1.29, 1.82) is 0 Å². The Morgan fingerprint density at radius 3 is 2.33 bits per heavy atom. The number of nitrogens with two attached hydrogens (primary N) is 1. The molecule has 1 saturated heterocycles. The number of nitrogens with zero attached hydrogens (tertiary/aromatic N) is 2. The van der Waals surface area contributed by atoms with Gasteiger partial charge in [0.2, 0.25) is 0 Å². The highest BCUT2D eigenvalue weighted by Gasteiger charge is 2.52. The number of rotatable bonds is 9. The highest BCUT2D eigenvalue weighted by atomic mass is 16.7. The molecule has 11 heteroatoms.